The maximum absolute atomic E-state index is 12.7. The second-order valence-corrected chi connectivity index (χ2v) is 5.80. The van der Waals surface area contributed by atoms with Gasteiger partial charge in [-0.3, -0.25) is 9.78 Å². The molecule has 5 heteroatoms. The molecule has 0 aliphatic heterocycles. The number of aromatic nitrogens is 1. The third-order valence-electron chi connectivity index (χ3n) is 4.50. The van der Waals surface area contributed by atoms with Crippen molar-refractivity contribution in [2.45, 2.75) is 38.2 Å². The summed E-state index contributed by atoms with van der Waals surface area (Å²) in [7, 11) is 1.61. The Kier molecular flexibility index (Phi) is 4.48. The number of hydrogen-bond donors (Lipinski definition) is 1. The molecule has 0 spiro atoms. The highest BCUT2D eigenvalue weighted by Crippen LogP contribution is 2.35. The zero-order valence-corrected chi connectivity index (χ0v) is 13.6. The van der Waals surface area contributed by atoms with Crippen LogP contribution in [0.2, 0.25) is 0 Å². The number of rotatable bonds is 5. The van der Waals surface area contributed by atoms with Crippen LogP contribution in [0.5, 0.6) is 5.75 Å². The Labute approximate surface area is 136 Å². The van der Waals surface area contributed by atoms with Crippen molar-refractivity contribution in [1.29, 1.82) is 0 Å². The second kappa shape index (κ2) is 6.54. The van der Waals surface area contributed by atoms with Gasteiger partial charge < -0.3 is 14.8 Å². The average Bonchev–Trinajstić information content (AvgIpc) is 3.07. The molecular weight excluding hydrogens is 292 g/mol. The Bertz CT molecular complexity index is 708. The van der Waals surface area contributed by atoms with E-state index in [0.717, 1.165) is 48.0 Å². The minimum Gasteiger partial charge on any atom is -0.492 e. The first-order valence-electron chi connectivity index (χ1n) is 8.07. The first-order chi connectivity index (χ1) is 11.2. The van der Waals surface area contributed by atoms with Crippen LogP contribution in [0, 0.1) is 0 Å². The summed E-state index contributed by atoms with van der Waals surface area (Å²) in [6.45, 7) is 2.51. The molecule has 1 amide bonds. The molecule has 0 bridgehead atoms. The number of nitrogens with one attached hydrogen (secondary N) is 1. The molecule has 0 unspecified atom stereocenters. The third kappa shape index (κ3) is 2.88. The van der Waals surface area contributed by atoms with Crippen LogP contribution in [0.3, 0.4) is 0 Å². The van der Waals surface area contributed by atoms with E-state index < -0.39 is 5.60 Å². The Balaban J connectivity index is 1.94. The standard InChI is InChI=1S/C18H22N2O3/c1-3-23-15-9-8-14(13-7-6-12-19-16(13)15)20-17(21)18(22-2)10-4-5-11-18/h6-9,12H,3-5,10-11H2,1-2H3,(H,20,21). The number of fused-ring (bicyclic) bond motifs is 1. The average molecular weight is 314 g/mol. The maximum atomic E-state index is 12.7. The largest absolute Gasteiger partial charge is 0.492 e. The predicted molar refractivity (Wildman–Crippen MR) is 89.7 cm³/mol. The minimum atomic E-state index is -0.701. The van der Waals surface area contributed by atoms with Gasteiger partial charge in [0.2, 0.25) is 0 Å². The van der Waals surface area contributed by atoms with Gasteiger partial charge in [-0.25, -0.2) is 0 Å². The normalized spacial score (nSPS) is 16.4. The van der Waals surface area contributed by atoms with Crippen LogP contribution >= 0.6 is 0 Å². The van der Waals surface area contributed by atoms with Gasteiger partial charge in [-0.15, -0.1) is 0 Å². The highest BCUT2D eigenvalue weighted by Gasteiger charge is 2.41. The fourth-order valence-electron chi connectivity index (χ4n) is 3.23. The number of methoxy groups -OCH3 is 1. The summed E-state index contributed by atoms with van der Waals surface area (Å²) in [5, 5.41) is 3.90. The summed E-state index contributed by atoms with van der Waals surface area (Å²) < 4.78 is 11.2. The van der Waals surface area contributed by atoms with Crippen molar-refractivity contribution in [2.24, 2.45) is 0 Å². The Morgan fingerprint density at radius 2 is 2.09 bits per heavy atom. The van der Waals surface area contributed by atoms with E-state index >= 15 is 0 Å². The molecule has 3 rings (SSSR count). The fraction of sp³-hybridized carbons (Fsp3) is 0.444. The molecule has 0 radical (unpaired) electrons. The van der Waals surface area contributed by atoms with Crippen molar-refractivity contribution in [1.82, 2.24) is 4.98 Å². The van der Waals surface area contributed by atoms with Gasteiger partial charge in [-0.1, -0.05) is 0 Å². The van der Waals surface area contributed by atoms with Crippen molar-refractivity contribution in [3.8, 4) is 5.75 Å². The number of pyridine rings is 1. The van der Waals surface area contributed by atoms with Crippen molar-refractivity contribution < 1.29 is 14.3 Å². The van der Waals surface area contributed by atoms with E-state index in [1.54, 1.807) is 13.3 Å². The lowest BCUT2D eigenvalue weighted by Crippen LogP contribution is -2.42. The van der Waals surface area contributed by atoms with Gasteiger partial charge in [0.05, 0.1) is 12.3 Å². The van der Waals surface area contributed by atoms with E-state index in [1.807, 2.05) is 31.2 Å². The molecule has 1 aromatic heterocycles. The van der Waals surface area contributed by atoms with E-state index in [4.69, 9.17) is 9.47 Å². The van der Waals surface area contributed by atoms with E-state index in [9.17, 15) is 4.79 Å². The molecular formula is C18H22N2O3. The number of nitrogens with zero attached hydrogens (tertiary/aromatic N) is 1. The molecule has 1 aromatic carbocycles. The van der Waals surface area contributed by atoms with Crippen LogP contribution in [0.15, 0.2) is 30.5 Å². The van der Waals surface area contributed by atoms with Crippen molar-refractivity contribution in [3.63, 3.8) is 0 Å². The molecule has 1 aliphatic carbocycles. The summed E-state index contributed by atoms with van der Waals surface area (Å²) in [6.07, 6.45) is 5.30. The highest BCUT2D eigenvalue weighted by molar-refractivity contribution is 6.05. The molecule has 5 nitrogen and oxygen atoms in total. The van der Waals surface area contributed by atoms with Gasteiger partial charge in [-0.05, 0) is 56.9 Å². The predicted octanol–water partition coefficient (Wildman–Crippen LogP) is 3.53. The van der Waals surface area contributed by atoms with Gasteiger partial charge in [0, 0.05) is 18.7 Å². The van der Waals surface area contributed by atoms with E-state index in [-0.39, 0.29) is 5.91 Å². The SMILES string of the molecule is CCOc1ccc(NC(=O)C2(OC)CCCC2)c2cccnc12. The maximum Gasteiger partial charge on any atom is 0.256 e. The van der Waals surface area contributed by atoms with Crippen molar-refractivity contribution in [2.75, 3.05) is 19.0 Å². The Hall–Kier alpha value is -2.14. The molecule has 1 aliphatic rings. The zero-order valence-electron chi connectivity index (χ0n) is 13.6. The minimum absolute atomic E-state index is 0.0770. The molecule has 1 heterocycles. The molecule has 1 saturated carbocycles. The summed E-state index contributed by atoms with van der Waals surface area (Å²) in [6, 6.07) is 7.51. The molecule has 0 atom stereocenters. The first-order valence-corrected chi connectivity index (χ1v) is 8.07. The number of ether oxygens (including phenoxy) is 2. The van der Waals surface area contributed by atoms with E-state index in [2.05, 4.69) is 10.3 Å². The highest BCUT2D eigenvalue weighted by atomic mass is 16.5. The van der Waals surface area contributed by atoms with Gasteiger partial charge in [-0.2, -0.15) is 0 Å². The topological polar surface area (TPSA) is 60.5 Å². The monoisotopic (exact) mass is 314 g/mol. The molecule has 0 saturated heterocycles. The lowest BCUT2D eigenvalue weighted by atomic mass is 10.0. The second-order valence-electron chi connectivity index (χ2n) is 5.80. The van der Waals surface area contributed by atoms with Crippen LogP contribution in [0.25, 0.3) is 10.9 Å². The number of amides is 1. The number of hydrogen-bond acceptors (Lipinski definition) is 4. The number of benzene rings is 1. The molecule has 1 fully saturated rings. The van der Waals surface area contributed by atoms with Crippen molar-refractivity contribution in [3.05, 3.63) is 30.5 Å². The van der Waals surface area contributed by atoms with Crippen LogP contribution in [-0.2, 0) is 9.53 Å². The van der Waals surface area contributed by atoms with Gasteiger partial charge in [0.1, 0.15) is 16.9 Å². The quantitative estimate of drug-likeness (QED) is 0.917. The zero-order chi connectivity index (χ0) is 16.3. The molecule has 2 aromatic rings. The fourth-order valence-corrected chi connectivity index (χ4v) is 3.23. The third-order valence-corrected chi connectivity index (χ3v) is 4.50. The lowest BCUT2D eigenvalue weighted by molar-refractivity contribution is -0.136. The molecule has 23 heavy (non-hydrogen) atoms. The first kappa shape index (κ1) is 15.7. The van der Waals surface area contributed by atoms with Gasteiger partial charge in [0.25, 0.3) is 5.91 Å². The summed E-state index contributed by atoms with van der Waals surface area (Å²) >= 11 is 0. The summed E-state index contributed by atoms with van der Waals surface area (Å²) in [4.78, 5) is 17.1. The van der Waals surface area contributed by atoms with Gasteiger partial charge >= 0.3 is 0 Å². The van der Waals surface area contributed by atoms with Crippen LogP contribution in [-0.4, -0.2) is 30.2 Å². The molecule has 1 N–H and O–H groups in total. The smallest absolute Gasteiger partial charge is 0.256 e. The Morgan fingerprint density at radius 1 is 1.30 bits per heavy atom. The van der Waals surface area contributed by atoms with E-state index in [0.29, 0.717) is 6.61 Å². The molecule has 122 valence electrons. The van der Waals surface area contributed by atoms with Crippen LogP contribution in [0.1, 0.15) is 32.6 Å². The van der Waals surface area contributed by atoms with E-state index in [1.165, 1.54) is 0 Å². The number of carbonyl (C=O) groups excluding carboxylic acids is 1. The number of carbonyl (C=O) groups is 1. The van der Waals surface area contributed by atoms with Crippen LogP contribution in [0.4, 0.5) is 5.69 Å². The lowest BCUT2D eigenvalue weighted by Gasteiger charge is -2.26. The van der Waals surface area contributed by atoms with Gasteiger partial charge in [0.15, 0.2) is 0 Å². The van der Waals surface area contributed by atoms with Crippen molar-refractivity contribution >= 4 is 22.5 Å². The number of anilines is 1. The summed E-state index contributed by atoms with van der Waals surface area (Å²) in [5.74, 6) is 0.648. The summed E-state index contributed by atoms with van der Waals surface area (Å²) in [5.41, 5.74) is 0.794. The Morgan fingerprint density at radius 3 is 2.78 bits per heavy atom. The van der Waals surface area contributed by atoms with Crippen LogP contribution < -0.4 is 10.1 Å².